The molecule has 0 amide bonds. The molecule has 1 aromatic carbocycles. The molecule has 0 aliphatic carbocycles. The second-order valence-electron chi connectivity index (χ2n) is 7.21. The monoisotopic (exact) mass is 406 g/mol. The van der Waals surface area contributed by atoms with E-state index in [9.17, 15) is 21.6 Å². The van der Waals surface area contributed by atoms with E-state index in [1.807, 2.05) is 0 Å². The van der Waals surface area contributed by atoms with Gasteiger partial charge in [-0.1, -0.05) is 18.2 Å². The first-order valence-corrected chi connectivity index (χ1v) is 10.8. The molecule has 2 aliphatic rings. The second kappa shape index (κ2) is 8.46. The summed E-state index contributed by atoms with van der Waals surface area (Å²) in [4.78, 5) is 2.35. The molecule has 2 saturated heterocycles. The molecule has 9 heteroatoms. The first-order valence-electron chi connectivity index (χ1n) is 9.18. The largest absolute Gasteiger partial charge is 0.416 e. The molecule has 1 aromatic rings. The predicted octanol–water partition coefficient (Wildman–Crippen LogP) is 2.58. The number of piperidine rings is 1. The molecule has 2 heterocycles. The molecule has 0 radical (unpaired) electrons. The number of benzene rings is 1. The van der Waals surface area contributed by atoms with Crippen molar-refractivity contribution in [3.63, 3.8) is 0 Å². The van der Waals surface area contributed by atoms with Crippen molar-refractivity contribution < 1.29 is 26.3 Å². The smallest absolute Gasteiger partial charge is 0.379 e. The lowest BCUT2D eigenvalue weighted by Gasteiger charge is -2.35. The molecule has 0 bridgehead atoms. The average molecular weight is 406 g/mol. The van der Waals surface area contributed by atoms with E-state index in [1.54, 1.807) is 0 Å². The maximum atomic E-state index is 12.8. The number of alkyl halides is 3. The zero-order chi connectivity index (χ0) is 19.5. The van der Waals surface area contributed by atoms with Gasteiger partial charge < -0.3 is 4.74 Å². The lowest BCUT2D eigenvalue weighted by atomic mass is 9.97. The number of hydrogen-bond acceptors (Lipinski definition) is 4. The summed E-state index contributed by atoms with van der Waals surface area (Å²) in [5.74, 6) is 0.0496. The Hall–Kier alpha value is -1.16. The van der Waals surface area contributed by atoms with E-state index in [4.69, 9.17) is 4.74 Å². The molecule has 5 nitrogen and oxygen atoms in total. The van der Waals surface area contributed by atoms with Gasteiger partial charge in [-0.25, -0.2) is 12.7 Å². The molecule has 2 fully saturated rings. The van der Waals surface area contributed by atoms with Gasteiger partial charge in [-0.15, -0.1) is 0 Å². The van der Waals surface area contributed by atoms with Crippen LogP contribution in [0.15, 0.2) is 24.3 Å². The number of nitrogens with zero attached hydrogens (tertiary/aromatic N) is 2. The lowest BCUT2D eigenvalue weighted by Crippen LogP contribution is -2.44. The number of halogens is 3. The Labute approximate surface area is 158 Å². The highest BCUT2D eigenvalue weighted by atomic mass is 32.2. The average Bonchev–Trinajstić information content (AvgIpc) is 2.62. The number of ether oxygens (including phenoxy) is 1. The van der Waals surface area contributed by atoms with Gasteiger partial charge in [0.05, 0.1) is 24.5 Å². The van der Waals surface area contributed by atoms with E-state index in [0.717, 1.165) is 57.8 Å². The van der Waals surface area contributed by atoms with Gasteiger partial charge in [0.15, 0.2) is 0 Å². The maximum Gasteiger partial charge on any atom is 0.416 e. The zero-order valence-corrected chi connectivity index (χ0v) is 15.9. The summed E-state index contributed by atoms with van der Waals surface area (Å²) in [6.07, 6.45) is -2.92. The summed E-state index contributed by atoms with van der Waals surface area (Å²) < 4.78 is 70.5. The molecule has 0 saturated carbocycles. The third-order valence-electron chi connectivity index (χ3n) is 5.19. The molecule has 0 N–H and O–H groups in total. The van der Waals surface area contributed by atoms with Crippen LogP contribution in [0.4, 0.5) is 13.2 Å². The van der Waals surface area contributed by atoms with Gasteiger partial charge in [0.25, 0.3) is 0 Å². The summed E-state index contributed by atoms with van der Waals surface area (Å²) in [6, 6.07) is 4.55. The SMILES string of the molecule is O=S(=O)(Cc1cccc(C(F)(F)F)c1)N1CCC(CN2CCOCC2)CC1. The Morgan fingerprint density at radius 2 is 1.74 bits per heavy atom. The fraction of sp³-hybridized carbons (Fsp3) is 0.667. The topological polar surface area (TPSA) is 49.9 Å². The van der Waals surface area contributed by atoms with Gasteiger partial charge in [0.1, 0.15) is 0 Å². The first kappa shape index (κ1) is 20.6. The Kier molecular flexibility index (Phi) is 6.45. The molecule has 2 aliphatic heterocycles. The van der Waals surface area contributed by atoms with Crippen LogP contribution in [0.25, 0.3) is 0 Å². The summed E-state index contributed by atoms with van der Waals surface area (Å²) >= 11 is 0. The molecule has 152 valence electrons. The Balaban J connectivity index is 1.55. The van der Waals surface area contributed by atoms with Crippen LogP contribution in [0.5, 0.6) is 0 Å². The lowest BCUT2D eigenvalue weighted by molar-refractivity contribution is -0.137. The predicted molar refractivity (Wildman–Crippen MR) is 95.6 cm³/mol. The zero-order valence-electron chi connectivity index (χ0n) is 15.1. The number of sulfonamides is 1. The first-order chi connectivity index (χ1) is 12.7. The van der Waals surface area contributed by atoms with Gasteiger partial charge in [-0.2, -0.15) is 13.2 Å². The van der Waals surface area contributed by atoms with Crippen molar-refractivity contribution in [3.05, 3.63) is 35.4 Å². The van der Waals surface area contributed by atoms with Crippen molar-refractivity contribution in [2.75, 3.05) is 45.9 Å². The Morgan fingerprint density at radius 3 is 2.37 bits per heavy atom. The van der Waals surface area contributed by atoms with E-state index >= 15 is 0 Å². The number of hydrogen-bond donors (Lipinski definition) is 0. The number of rotatable bonds is 5. The third-order valence-corrected chi connectivity index (χ3v) is 7.04. The van der Waals surface area contributed by atoms with E-state index in [-0.39, 0.29) is 5.56 Å². The Bertz CT molecular complexity index is 726. The van der Waals surface area contributed by atoms with Crippen LogP contribution in [0.3, 0.4) is 0 Å². The minimum Gasteiger partial charge on any atom is -0.379 e. The molecule has 0 atom stereocenters. The third kappa shape index (κ3) is 5.66. The van der Waals surface area contributed by atoms with E-state index in [0.29, 0.717) is 19.0 Å². The van der Waals surface area contributed by atoms with Gasteiger partial charge in [0, 0.05) is 32.7 Å². The summed E-state index contributed by atoms with van der Waals surface area (Å²) in [5, 5.41) is 0. The van der Waals surface area contributed by atoms with Crippen molar-refractivity contribution >= 4 is 10.0 Å². The minimum atomic E-state index is -4.47. The van der Waals surface area contributed by atoms with Gasteiger partial charge in [0.2, 0.25) is 10.0 Å². The molecular formula is C18H25F3N2O3S. The summed E-state index contributed by atoms with van der Waals surface area (Å²) in [5.41, 5.74) is -0.653. The van der Waals surface area contributed by atoms with Crippen LogP contribution in [0.1, 0.15) is 24.0 Å². The van der Waals surface area contributed by atoms with Crippen LogP contribution in [-0.4, -0.2) is 63.6 Å². The van der Waals surface area contributed by atoms with E-state index < -0.39 is 27.5 Å². The molecular weight excluding hydrogens is 381 g/mol. The second-order valence-corrected chi connectivity index (χ2v) is 9.18. The van der Waals surface area contributed by atoms with E-state index in [1.165, 1.54) is 16.4 Å². The fourth-order valence-corrected chi connectivity index (χ4v) is 5.21. The van der Waals surface area contributed by atoms with Crippen LogP contribution in [-0.2, 0) is 26.7 Å². The van der Waals surface area contributed by atoms with Crippen LogP contribution < -0.4 is 0 Å². The molecule has 3 rings (SSSR count). The highest BCUT2D eigenvalue weighted by molar-refractivity contribution is 7.88. The van der Waals surface area contributed by atoms with Crippen molar-refractivity contribution in [2.24, 2.45) is 5.92 Å². The van der Waals surface area contributed by atoms with Crippen molar-refractivity contribution in [1.29, 1.82) is 0 Å². The van der Waals surface area contributed by atoms with Crippen LogP contribution in [0, 0.1) is 5.92 Å². The molecule has 0 unspecified atom stereocenters. The van der Waals surface area contributed by atoms with Crippen molar-refractivity contribution in [3.8, 4) is 0 Å². The molecule has 27 heavy (non-hydrogen) atoms. The summed E-state index contributed by atoms with van der Waals surface area (Å²) in [6.45, 7) is 5.11. The fourth-order valence-electron chi connectivity index (χ4n) is 3.66. The highest BCUT2D eigenvalue weighted by Crippen LogP contribution is 2.30. The normalized spacial score (nSPS) is 21.4. The maximum absolute atomic E-state index is 12.8. The van der Waals surface area contributed by atoms with Gasteiger partial charge in [-0.05, 0) is 30.4 Å². The van der Waals surface area contributed by atoms with Crippen LogP contribution in [0.2, 0.25) is 0 Å². The van der Waals surface area contributed by atoms with Gasteiger partial charge in [-0.3, -0.25) is 4.90 Å². The minimum absolute atomic E-state index is 0.167. The molecule has 0 spiro atoms. The summed E-state index contributed by atoms with van der Waals surface area (Å²) in [7, 11) is -3.62. The van der Waals surface area contributed by atoms with E-state index in [2.05, 4.69) is 4.90 Å². The van der Waals surface area contributed by atoms with Crippen molar-refractivity contribution in [1.82, 2.24) is 9.21 Å². The standard InChI is InChI=1S/C18H25F3N2O3S/c19-18(20,21)17-3-1-2-16(12-17)14-27(24,25)23-6-4-15(5-7-23)13-22-8-10-26-11-9-22/h1-3,12,15H,4-11,13-14H2. The molecule has 0 aromatic heterocycles. The van der Waals surface area contributed by atoms with Crippen LogP contribution >= 0.6 is 0 Å². The highest BCUT2D eigenvalue weighted by Gasteiger charge is 2.32. The Morgan fingerprint density at radius 1 is 1.07 bits per heavy atom. The van der Waals surface area contributed by atoms with Crippen molar-refractivity contribution in [2.45, 2.75) is 24.8 Å². The quantitative estimate of drug-likeness (QED) is 0.754. The number of morpholine rings is 1. The van der Waals surface area contributed by atoms with Gasteiger partial charge >= 0.3 is 6.18 Å².